The van der Waals surface area contributed by atoms with Crippen LogP contribution in [0.4, 0.5) is 5.95 Å². The third-order valence-corrected chi connectivity index (χ3v) is 3.68. The summed E-state index contributed by atoms with van der Waals surface area (Å²) in [6.45, 7) is 3.48. The largest absolute Gasteiger partial charge is 0.340 e. The number of anilines is 1. The number of aromatic nitrogens is 2. The summed E-state index contributed by atoms with van der Waals surface area (Å²) in [7, 11) is 2.07. The number of fused-ring (bicyclic) bond motifs is 1. The molecule has 0 aliphatic carbocycles. The molecule has 2 aliphatic rings. The van der Waals surface area contributed by atoms with Crippen LogP contribution < -0.4 is 10.2 Å². The minimum Gasteiger partial charge on any atom is -0.340 e. The molecule has 4 heteroatoms. The Labute approximate surface area is 90.3 Å². The molecule has 2 fully saturated rings. The van der Waals surface area contributed by atoms with Crippen LogP contribution >= 0.6 is 0 Å². The van der Waals surface area contributed by atoms with Crippen LogP contribution in [0.2, 0.25) is 0 Å². The van der Waals surface area contributed by atoms with Crippen molar-refractivity contribution in [3.63, 3.8) is 0 Å². The number of hydrogen-bond donors (Lipinski definition) is 1. The fourth-order valence-corrected chi connectivity index (χ4v) is 2.87. The van der Waals surface area contributed by atoms with Crippen molar-refractivity contribution >= 4 is 5.95 Å². The maximum Gasteiger partial charge on any atom is 0.205 e. The van der Waals surface area contributed by atoms with Gasteiger partial charge in [0, 0.05) is 38.6 Å². The summed E-state index contributed by atoms with van der Waals surface area (Å²) in [6, 6.07) is 0.690. The van der Waals surface area contributed by atoms with Gasteiger partial charge < -0.3 is 14.8 Å². The van der Waals surface area contributed by atoms with Gasteiger partial charge >= 0.3 is 0 Å². The van der Waals surface area contributed by atoms with E-state index in [1.807, 2.05) is 12.4 Å². The molecule has 0 aromatic carbocycles. The van der Waals surface area contributed by atoms with E-state index in [1.54, 1.807) is 0 Å². The Bertz CT molecular complexity index is 332. The average molecular weight is 206 g/mol. The van der Waals surface area contributed by atoms with Crippen molar-refractivity contribution in [2.24, 2.45) is 13.0 Å². The molecule has 0 saturated carbocycles. The van der Waals surface area contributed by atoms with Crippen LogP contribution in [0.1, 0.15) is 12.8 Å². The van der Waals surface area contributed by atoms with Gasteiger partial charge in [-0.1, -0.05) is 0 Å². The molecule has 1 aromatic rings. The van der Waals surface area contributed by atoms with Gasteiger partial charge in [-0.25, -0.2) is 4.98 Å². The van der Waals surface area contributed by atoms with Gasteiger partial charge in [0.25, 0.3) is 0 Å². The molecule has 2 atom stereocenters. The topological polar surface area (TPSA) is 33.1 Å². The molecule has 0 unspecified atom stereocenters. The van der Waals surface area contributed by atoms with Crippen molar-refractivity contribution in [3.8, 4) is 0 Å². The van der Waals surface area contributed by atoms with Crippen LogP contribution in [0.3, 0.4) is 0 Å². The molecule has 1 N–H and O–H groups in total. The fourth-order valence-electron chi connectivity index (χ4n) is 2.87. The highest BCUT2D eigenvalue weighted by Crippen LogP contribution is 2.27. The van der Waals surface area contributed by atoms with Gasteiger partial charge in [0.2, 0.25) is 5.95 Å². The van der Waals surface area contributed by atoms with E-state index in [0.29, 0.717) is 6.04 Å². The van der Waals surface area contributed by atoms with Gasteiger partial charge in [0.15, 0.2) is 0 Å². The molecule has 2 aliphatic heterocycles. The molecule has 3 rings (SSSR count). The molecule has 2 saturated heterocycles. The van der Waals surface area contributed by atoms with Gasteiger partial charge in [-0.05, 0) is 25.3 Å². The van der Waals surface area contributed by atoms with Gasteiger partial charge in [-0.3, -0.25) is 0 Å². The minimum absolute atomic E-state index is 0.690. The Hall–Kier alpha value is -1.03. The lowest BCUT2D eigenvalue weighted by molar-refractivity contribution is 0.340. The van der Waals surface area contributed by atoms with E-state index < -0.39 is 0 Å². The van der Waals surface area contributed by atoms with Crippen LogP contribution in [-0.2, 0) is 7.05 Å². The Kier molecular flexibility index (Phi) is 2.16. The molecule has 1 aromatic heterocycles. The van der Waals surface area contributed by atoms with Crippen LogP contribution in [0.15, 0.2) is 12.4 Å². The highest BCUT2D eigenvalue weighted by Gasteiger charge is 2.35. The first-order valence-electron chi connectivity index (χ1n) is 5.80. The maximum absolute atomic E-state index is 4.42. The number of piperidine rings is 1. The lowest BCUT2D eigenvalue weighted by Crippen LogP contribution is -2.40. The first-order chi connectivity index (χ1) is 7.34. The Morgan fingerprint density at radius 2 is 2.40 bits per heavy atom. The number of aryl methyl sites for hydroxylation is 1. The van der Waals surface area contributed by atoms with Crippen molar-refractivity contribution in [3.05, 3.63) is 12.4 Å². The Morgan fingerprint density at radius 3 is 3.13 bits per heavy atom. The number of hydrogen-bond acceptors (Lipinski definition) is 3. The minimum atomic E-state index is 0.690. The lowest BCUT2D eigenvalue weighted by Gasteiger charge is -2.24. The van der Waals surface area contributed by atoms with Crippen LogP contribution in [-0.4, -0.2) is 35.2 Å². The Morgan fingerprint density at radius 1 is 1.47 bits per heavy atom. The molecule has 0 amide bonds. The summed E-state index contributed by atoms with van der Waals surface area (Å²) in [6.07, 6.45) is 6.60. The normalized spacial score (nSPS) is 30.6. The monoisotopic (exact) mass is 206 g/mol. The summed E-state index contributed by atoms with van der Waals surface area (Å²) in [5.74, 6) is 1.95. The zero-order valence-corrected chi connectivity index (χ0v) is 9.19. The van der Waals surface area contributed by atoms with Gasteiger partial charge in [-0.15, -0.1) is 0 Å². The summed E-state index contributed by atoms with van der Waals surface area (Å²) < 4.78 is 2.11. The number of imidazole rings is 1. The highest BCUT2D eigenvalue weighted by molar-refractivity contribution is 5.34. The van der Waals surface area contributed by atoms with E-state index >= 15 is 0 Å². The maximum atomic E-state index is 4.42. The number of nitrogens with one attached hydrogen (secondary N) is 1. The standard InChI is InChI=1S/C11H18N4/c1-14-6-5-13-11(14)15-7-9-3-2-4-12-10(9)8-15/h5-6,9-10,12H,2-4,7-8H2,1H3/t9-,10+/m0/s1. The third kappa shape index (κ3) is 1.53. The number of rotatable bonds is 1. The van der Waals surface area contributed by atoms with E-state index in [4.69, 9.17) is 0 Å². The summed E-state index contributed by atoms with van der Waals surface area (Å²) in [5.41, 5.74) is 0. The second kappa shape index (κ2) is 3.52. The van der Waals surface area contributed by atoms with E-state index in [0.717, 1.165) is 18.4 Å². The Balaban J connectivity index is 1.78. The van der Waals surface area contributed by atoms with E-state index in [-0.39, 0.29) is 0 Å². The first kappa shape index (κ1) is 9.21. The lowest BCUT2D eigenvalue weighted by atomic mass is 9.94. The van der Waals surface area contributed by atoms with Gasteiger partial charge in [0.1, 0.15) is 0 Å². The second-order valence-corrected chi connectivity index (χ2v) is 4.71. The predicted molar refractivity (Wildman–Crippen MR) is 59.9 cm³/mol. The molecule has 0 bridgehead atoms. The van der Waals surface area contributed by atoms with Crippen molar-refractivity contribution in [1.82, 2.24) is 14.9 Å². The molecular weight excluding hydrogens is 188 g/mol. The van der Waals surface area contributed by atoms with Crippen molar-refractivity contribution in [2.45, 2.75) is 18.9 Å². The summed E-state index contributed by atoms with van der Waals surface area (Å²) in [5, 5.41) is 3.61. The molecule has 15 heavy (non-hydrogen) atoms. The van der Waals surface area contributed by atoms with Crippen LogP contribution in [0.25, 0.3) is 0 Å². The molecule has 3 heterocycles. The fraction of sp³-hybridized carbons (Fsp3) is 0.727. The molecule has 4 nitrogen and oxygen atoms in total. The summed E-state index contributed by atoms with van der Waals surface area (Å²) in [4.78, 5) is 6.83. The quantitative estimate of drug-likeness (QED) is 0.731. The van der Waals surface area contributed by atoms with Gasteiger partial charge in [0.05, 0.1) is 0 Å². The van der Waals surface area contributed by atoms with Crippen LogP contribution in [0, 0.1) is 5.92 Å². The van der Waals surface area contributed by atoms with Crippen molar-refractivity contribution in [2.75, 3.05) is 24.5 Å². The summed E-state index contributed by atoms with van der Waals surface area (Å²) >= 11 is 0. The molecule has 0 spiro atoms. The average Bonchev–Trinajstić information content (AvgIpc) is 2.82. The van der Waals surface area contributed by atoms with E-state index in [9.17, 15) is 0 Å². The second-order valence-electron chi connectivity index (χ2n) is 4.71. The zero-order valence-electron chi connectivity index (χ0n) is 9.19. The predicted octanol–water partition coefficient (Wildman–Crippen LogP) is 0.608. The molecule has 82 valence electrons. The number of nitrogens with zero attached hydrogens (tertiary/aromatic N) is 3. The first-order valence-corrected chi connectivity index (χ1v) is 5.80. The zero-order chi connectivity index (χ0) is 10.3. The van der Waals surface area contributed by atoms with Crippen molar-refractivity contribution < 1.29 is 0 Å². The molecular formula is C11H18N4. The molecule has 0 radical (unpaired) electrons. The van der Waals surface area contributed by atoms with E-state index in [1.165, 1.54) is 25.9 Å². The third-order valence-electron chi connectivity index (χ3n) is 3.68. The highest BCUT2D eigenvalue weighted by atomic mass is 15.3. The van der Waals surface area contributed by atoms with Crippen LogP contribution in [0.5, 0.6) is 0 Å². The van der Waals surface area contributed by atoms with Crippen molar-refractivity contribution in [1.29, 1.82) is 0 Å². The smallest absolute Gasteiger partial charge is 0.205 e. The van der Waals surface area contributed by atoms with E-state index in [2.05, 4.69) is 26.8 Å². The van der Waals surface area contributed by atoms with Gasteiger partial charge in [-0.2, -0.15) is 0 Å². The SMILES string of the molecule is Cn1ccnc1N1C[C@@H]2CCCN[C@@H]2C1.